The zero-order chi connectivity index (χ0) is 18.4. The van der Waals surface area contributed by atoms with E-state index >= 15 is 0 Å². The lowest BCUT2D eigenvalue weighted by molar-refractivity contribution is 0.0908. The van der Waals surface area contributed by atoms with Crippen molar-refractivity contribution >= 4 is 23.5 Å². The molecular formula is C18H26ClN3O3. The van der Waals surface area contributed by atoms with Gasteiger partial charge in [0.15, 0.2) is 0 Å². The number of benzene rings is 1. The second-order valence-electron chi connectivity index (χ2n) is 6.03. The molecule has 0 aromatic heterocycles. The third-order valence-corrected chi connectivity index (χ3v) is 4.78. The maximum Gasteiger partial charge on any atom is 0.319 e. The van der Waals surface area contributed by atoms with Crippen molar-refractivity contribution in [2.75, 3.05) is 33.3 Å². The van der Waals surface area contributed by atoms with Gasteiger partial charge in [-0.1, -0.05) is 11.6 Å². The number of nitrogens with zero attached hydrogens (tertiary/aromatic N) is 2. The number of hydrogen-bond acceptors (Lipinski definition) is 3. The summed E-state index contributed by atoms with van der Waals surface area (Å²) in [6.45, 7) is 6.67. The van der Waals surface area contributed by atoms with Gasteiger partial charge in [0.2, 0.25) is 0 Å². The molecule has 0 unspecified atom stereocenters. The summed E-state index contributed by atoms with van der Waals surface area (Å²) in [5, 5.41) is 3.52. The first kappa shape index (κ1) is 19.4. The summed E-state index contributed by atoms with van der Waals surface area (Å²) >= 11 is 5.99. The summed E-state index contributed by atoms with van der Waals surface area (Å²) in [5.74, 6) is 0.295. The maximum atomic E-state index is 12.5. The normalized spacial score (nSPS) is 15.0. The van der Waals surface area contributed by atoms with Crippen molar-refractivity contribution in [3.05, 3.63) is 28.8 Å². The van der Waals surface area contributed by atoms with Crippen molar-refractivity contribution in [2.45, 2.75) is 32.7 Å². The average Bonchev–Trinajstić information content (AvgIpc) is 2.63. The second kappa shape index (κ2) is 8.94. The molecule has 1 aliphatic rings. The summed E-state index contributed by atoms with van der Waals surface area (Å²) in [5.41, 5.74) is 0.427. The minimum Gasteiger partial charge on any atom is -0.496 e. The van der Waals surface area contributed by atoms with Crippen LogP contribution in [0, 0.1) is 0 Å². The van der Waals surface area contributed by atoms with E-state index in [0.29, 0.717) is 42.5 Å². The lowest BCUT2D eigenvalue weighted by Gasteiger charge is -2.35. The van der Waals surface area contributed by atoms with Gasteiger partial charge in [0.05, 0.1) is 12.7 Å². The van der Waals surface area contributed by atoms with Gasteiger partial charge in [-0.3, -0.25) is 4.79 Å². The molecule has 0 radical (unpaired) electrons. The minimum absolute atomic E-state index is 0.0388. The van der Waals surface area contributed by atoms with E-state index in [9.17, 15) is 9.59 Å². The highest BCUT2D eigenvalue weighted by Gasteiger charge is 2.26. The highest BCUT2D eigenvalue weighted by Crippen LogP contribution is 2.23. The topological polar surface area (TPSA) is 61.9 Å². The molecular weight excluding hydrogens is 342 g/mol. The van der Waals surface area contributed by atoms with Crippen molar-refractivity contribution in [1.82, 2.24) is 15.1 Å². The van der Waals surface area contributed by atoms with E-state index in [2.05, 4.69) is 5.32 Å². The Balaban J connectivity index is 1.93. The SMILES string of the molecule is CCN(CC)C(=O)N1CCC(NC(=O)c2cc(Cl)ccc2OC)CC1. The number of likely N-dealkylation sites (tertiary alicyclic amines) is 1. The van der Waals surface area contributed by atoms with Crippen LogP contribution in [0.4, 0.5) is 4.79 Å². The maximum absolute atomic E-state index is 12.5. The van der Waals surface area contributed by atoms with E-state index in [1.165, 1.54) is 7.11 Å². The number of carbonyl (C=O) groups is 2. The third-order valence-electron chi connectivity index (χ3n) is 4.54. The molecule has 0 saturated carbocycles. The number of piperidine rings is 1. The van der Waals surface area contributed by atoms with Gasteiger partial charge in [0.25, 0.3) is 5.91 Å². The first-order chi connectivity index (χ1) is 12.0. The van der Waals surface area contributed by atoms with Gasteiger partial charge >= 0.3 is 6.03 Å². The number of hydrogen-bond donors (Lipinski definition) is 1. The molecule has 1 fully saturated rings. The number of halogens is 1. The molecule has 0 aliphatic carbocycles. The Kier molecular flexibility index (Phi) is 6.93. The molecule has 1 aliphatic heterocycles. The molecule has 25 heavy (non-hydrogen) atoms. The van der Waals surface area contributed by atoms with Crippen LogP contribution in [-0.4, -0.2) is 61.1 Å². The number of amides is 3. The van der Waals surface area contributed by atoms with Crippen LogP contribution in [0.1, 0.15) is 37.0 Å². The van der Waals surface area contributed by atoms with Gasteiger partial charge in [0, 0.05) is 37.2 Å². The molecule has 138 valence electrons. The van der Waals surface area contributed by atoms with E-state index in [4.69, 9.17) is 16.3 Å². The van der Waals surface area contributed by atoms with Gasteiger partial charge in [0.1, 0.15) is 5.75 Å². The number of urea groups is 1. The standard InChI is InChI=1S/C18H26ClN3O3/c1-4-21(5-2)18(24)22-10-8-14(9-11-22)20-17(23)15-12-13(19)6-7-16(15)25-3/h6-7,12,14H,4-5,8-11H2,1-3H3,(H,20,23). The number of ether oxygens (including phenoxy) is 1. The zero-order valence-electron chi connectivity index (χ0n) is 15.0. The minimum atomic E-state index is -0.201. The molecule has 1 N–H and O–H groups in total. The quantitative estimate of drug-likeness (QED) is 0.870. The molecule has 0 spiro atoms. The summed E-state index contributed by atoms with van der Waals surface area (Å²) in [7, 11) is 1.53. The average molecular weight is 368 g/mol. The smallest absolute Gasteiger partial charge is 0.319 e. The van der Waals surface area contributed by atoms with Crippen LogP contribution in [0.3, 0.4) is 0 Å². The fourth-order valence-electron chi connectivity index (χ4n) is 3.03. The van der Waals surface area contributed by atoms with E-state index < -0.39 is 0 Å². The second-order valence-corrected chi connectivity index (χ2v) is 6.47. The van der Waals surface area contributed by atoms with Crippen LogP contribution in [0.5, 0.6) is 5.75 Å². The van der Waals surface area contributed by atoms with Gasteiger partial charge in [-0.05, 0) is 44.9 Å². The number of carbonyl (C=O) groups excluding carboxylic acids is 2. The molecule has 0 bridgehead atoms. The highest BCUT2D eigenvalue weighted by molar-refractivity contribution is 6.31. The van der Waals surface area contributed by atoms with Crippen LogP contribution >= 0.6 is 11.6 Å². The van der Waals surface area contributed by atoms with Crippen LogP contribution in [0.25, 0.3) is 0 Å². The van der Waals surface area contributed by atoms with Gasteiger partial charge in [-0.2, -0.15) is 0 Å². The van der Waals surface area contributed by atoms with Crippen molar-refractivity contribution in [3.8, 4) is 5.75 Å². The molecule has 3 amide bonds. The molecule has 1 aromatic rings. The number of methoxy groups -OCH3 is 1. The van der Waals surface area contributed by atoms with Gasteiger partial charge in [-0.25, -0.2) is 4.79 Å². The molecule has 2 rings (SSSR count). The predicted molar refractivity (Wildman–Crippen MR) is 98.4 cm³/mol. The van der Waals surface area contributed by atoms with Crippen molar-refractivity contribution < 1.29 is 14.3 Å². The Morgan fingerprint density at radius 3 is 2.48 bits per heavy atom. The van der Waals surface area contributed by atoms with Crippen molar-refractivity contribution in [2.24, 2.45) is 0 Å². The Morgan fingerprint density at radius 2 is 1.92 bits per heavy atom. The molecule has 1 saturated heterocycles. The monoisotopic (exact) mass is 367 g/mol. The fraction of sp³-hybridized carbons (Fsp3) is 0.556. The summed E-state index contributed by atoms with van der Waals surface area (Å²) < 4.78 is 5.23. The molecule has 1 aromatic carbocycles. The Hall–Kier alpha value is -1.95. The zero-order valence-corrected chi connectivity index (χ0v) is 15.8. The number of rotatable bonds is 5. The lowest BCUT2D eigenvalue weighted by Crippen LogP contribution is -2.50. The molecule has 1 heterocycles. The molecule has 0 atom stereocenters. The summed E-state index contributed by atoms with van der Waals surface area (Å²) in [6, 6.07) is 5.09. The third kappa shape index (κ3) is 4.78. The molecule has 6 nitrogen and oxygen atoms in total. The van der Waals surface area contributed by atoms with E-state index in [0.717, 1.165) is 12.8 Å². The van der Waals surface area contributed by atoms with Crippen LogP contribution in [-0.2, 0) is 0 Å². The summed E-state index contributed by atoms with van der Waals surface area (Å²) in [4.78, 5) is 28.6. The lowest BCUT2D eigenvalue weighted by atomic mass is 10.0. The first-order valence-corrected chi connectivity index (χ1v) is 9.06. The largest absolute Gasteiger partial charge is 0.496 e. The van der Waals surface area contributed by atoms with Crippen LogP contribution in [0.15, 0.2) is 18.2 Å². The number of nitrogens with one attached hydrogen (secondary N) is 1. The van der Waals surface area contributed by atoms with Gasteiger partial charge < -0.3 is 19.9 Å². The Bertz CT molecular complexity index is 612. The van der Waals surface area contributed by atoms with E-state index in [-0.39, 0.29) is 18.0 Å². The summed E-state index contributed by atoms with van der Waals surface area (Å²) in [6.07, 6.45) is 1.48. The van der Waals surface area contributed by atoms with E-state index in [1.807, 2.05) is 23.6 Å². The van der Waals surface area contributed by atoms with Gasteiger partial charge in [-0.15, -0.1) is 0 Å². The fourth-order valence-corrected chi connectivity index (χ4v) is 3.20. The Morgan fingerprint density at radius 1 is 1.28 bits per heavy atom. The highest BCUT2D eigenvalue weighted by atomic mass is 35.5. The van der Waals surface area contributed by atoms with Crippen LogP contribution < -0.4 is 10.1 Å². The molecule has 7 heteroatoms. The van der Waals surface area contributed by atoms with Crippen molar-refractivity contribution in [3.63, 3.8) is 0 Å². The predicted octanol–water partition coefficient (Wildman–Crippen LogP) is 3.00. The van der Waals surface area contributed by atoms with Crippen molar-refractivity contribution in [1.29, 1.82) is 0 Å². The Labute approximate surface area is 154 Å². The van der Waals surface area contributed by atoms with Crippen LogP contribution in [0.2, 0.25) is 5.02 Å². The van der Waals surface area contributed by atoms with E-state index in [1.54, 1.807) is 18.2 Å². The first-order valence-electron chi connectivity index (χ1n) is 8.68.